The number of hydrogen-bond donors (Lipinski definition) is 0. The van der Waals surface area contributed by atoms with Crippen molar-refractivity contribution >= 4 is 65.2 Å². The van der Waals surface area contributed by atoms with Crippen molar-refractivity contribution in [2.24, 2.45) is 0 Å². The Balaban J connectivity index is 0.870. The lowest BCUT2D eigenvalue weighted by Crippen LogP contribution is -1.97. The van der Waals surface area contributed by atoms with E-state index in [-0.39, 0.29) is 0 Å². The third-order valence-electron chi connectivity index (χ3n) is 15.9. The van der Waals surface area contributed by atoms with Crippen LogP contribution in [0.15, 0.2) is 206 Å². The third-order valence-corrected chi connectivity index (χ3v) is 15.9. The maximum absolute atomic E-state index is 6.20. The zero-order valence-electron chi connectivity index (χ0n) is 38.9. The van der Waals surface area contributed by atoms with Crippen molar-refractivity contribution in [1.82, 2.24) is 9.13 Å². The number of ether oxygens (including phenoxy) is 2. The van der Waals surface area contributed by atoms with Gasteiger partial charge in [-0.05, 0) is 168 Å². The average molecular weight is 909 g/mol. The number of fused-ring (bicyclic) bond motifs is 13. The quantitative estimate of drug-likeness (QED) is 0.161. The fourth-order valence-corrected chi connectivity index (χ4v) is 12.7. The molecular weight excluding hydrogens is 865 g/mol. The Kier molecular flexibility index (Phi) is 8.15. The van der Waals surface area contributed by atoms with Gasteiger partial charge in [0.15, 0.2) is 0 Å². The predicted octanol–water partition coefficient (Wildman–Crippen LogP) is 16.6. The molecule has 0 spiro atoms. The summed E-state index contributed by atoms with van der Waals surface area (Å²) < 4.78 is 17.3. The Morgan fingerprint density at radius 2 is 0.775 bits per heavy atom. The monoisotopic (exact) mass is 908 g/mol. The minimum absolute atomic E-state index is 0.726. The van der Waals surface area contributed by atoms with Crippen LogP contribution in [0.25, 0.3) is 121 Å². The van der Waals surface area contributed by atoms with Gasteiger partial charge in [0.05, 0.1) is 35.3 Å². The van der Waals surface area contributed by atoms with Gasteiger partial charge in [0.2, 0.25) is 0 Å². The molecule has 0 atom stereocenters. The molecule has 0 N–H and O–H groups in total. The molecule has 0 radical (unpaired) electrons. The second kappa shape index (κ2) is 14.8. The van der Waals surface area contributed by atoms with Gasteiger partial charge in [-0.25, -0.2) is 0 Å². The number of benzene rings is 11. The molecule has 0 fully saturated rings. The molecule has 1 aliphatic carbocycles. The molecule has 0 amide bonds. The van der Waals surface area contributed by atoms with Crippen LogP contribution in [0.5, 0.6) is 11.5 Å². The van der Waals surface area contributed by atoms with Crippen molar-refractivity contribution in [3.05, 3.63) is 229 Å². The van der Waals surface area contributed by atoms with Crippen LogP contribution in [0.4, 0.5) is 0 Å². The molecule has 3 aliphatic rings. The van der Waals surface area contributed by atoms with E-state index < -0.39 is 0 Å². The first-order chi connectivity index (χ1) is 35.2. The van der Waals surface area contributed by atoms with E-state index in [0.29, 0.717) is 0 Å². The molecule has 0 unspecified atom stereocenters. The number of aromatic nitrogens is 2. The van der Waals surface area contributed by atoms with Crippen LogP contribution in [0.1, 0.15) is 22.3 Å². The highest BCUT2D eigenvalue weighted by molar-refractivity contribution is 6.22. The molecule has 334 valence electrons. The summed E-state index contributed by atoms with van der Waals surface area (Å²) in [5, 5.41) is 9.84. The first-order valence-electron chi connectivity index (χ1n) is 25.0. The second-order valence-corrected chi connectivity index (χ2v) is 19.7. The van der Waals surface area contributed by atoms with E-state index in [1.165, 1.54) is 132 Å². The number of nitrogens with zero attached hydrogens (tertiary/aromatic N) is 2. The topological polar surface area (TPSA) is 28.3 Å². The SMILES string of the molecule is c1ccc2c(c1)Cc1cc(-n3c4ccccc4c4cc(-c5ccc6c(c5)c5ccccc5n6-c5ccc6c(-c7ccc8c(c7)OCC8)c7ccccc7c(-c7ccc8c(c7)OCC8)c6c5)ccc43)ccc1-2. The van der Waals surface area contributed by atoms with Crippen LogP contribution < -0.4 is 9.47 Å². The summed E-state index contributed by atoms with van der Waals surface area (Å²) in [6.45, 7) is 1.46. The van der Waals surface area contributed by atoms with Crippen LogP contribution in [0, 0.1) is 0 Å². The maximum Gasteiger partial charge on any atom is 0.123 e. The smallest absolute Gasteiger partial charge is 0.123 e. The van der Waals surface area contributed by atoms with E-state index in [0.717, 1.165) is 55.2 Å². The van der Waals surface area contributed by atoms with E-state index in [1.54, 1.807) is 0 Å². The van der Waals surface area contributed by atoms with Gasteiger partial charge in [0.25, 0.3) is 0 Å². The highest BCUT2D eigenvalue weighted by atomic mass is 16.5. The number of para-hydroxylation sites is 2. The highest BCUT2D eigenvalue weighted by Gasteiger charge is 2.24. The molecule has 11 aromatic carbocycles. The lowest BCUT2D eigenvalue weighted by atomic mass is 9.85. The molecule has 13 aromatic rings. The summed E-state index contributed by atoms with van der Waals surface area (Å²) in [6.07, 6.45) is 2.87. The van der Waals surface area contributed by atoms with Crippen LogP contribution in [0.2, 0.25) is 0 Å². The van der Waals surface area contributed by atoms with Crippen LogP contribution >= 0.6 is 0 Å². The molecular formula is C67H44N2O2. The van der Waals surface area contributed by atoms with Gasteiger partial charge >= 0.3 is 0 Å². The molecule has 4 heterocycles. The normalized spacial score (nSPS) is 13.6. The van der Waals surface area contributed by atoms with Gasteiger partial charge < -0.3 is 18.6 Å². The lowest BCUT2D eigenvalue weighted by Gasteiger charge is -2.20. The van der Waals surface area contributed by atoms with Gasteiger partial charge in [-0.2, -0.15) is 0 Å². The van der Waals surface area contributed by atoms with Crippen LogP contribution in [0.3, 0.4) is 0 Å². The van der Waals surface area contributed by atoms with E-state index >= 15 is 0 Å². The van der Waals surface area contributed by atoms with Crippen LogP contribution in [-0.4, -0.2) is 22.3 Å². The summed E-state index contributed by atoms with van der Waals surface area (Å²) in [7, 11) is 0. The van der Waals surface area contributed by atoms with Crippen molar-refractivity contribution in [3.8, 4) is 67.4 Å². The Morgan fingerprint density at radius 3 is 1.41 bits per heavy atom. The fourth-order valence-electron chi connectivity index (χ4n) is 12.7. The van der Waals surface area contributed by atoms with Crippen molar-refractivity contribution in [2.45, 2.75) is 19.3 Å². The third kappa shape index (κ3) is 5.73. The Labute approximate surface area is 410 Å². The van der Waals surface area contributed by atoms with Gasteiger partial charge in [0, 0.05) is 45.8 Å². The van der Waals surface area contributed by atoms with Crippen molar-refractivity contribution in [1.29, 1.82) is 0 Å². The standard InChI is InChI=1S/C67H44N2O2/c1-2-10-50-44(9-1)33-47-34-48(23-25-51(47)50)68-60-15-7-5-11-52(60)57-35-42(21-27-62(57)68)43-22-28-63-58(36-43)53-12-6-8-16-61(53)69(63)49-24-26-56-59(39-49)67(46-20-18-41-30-32-71-65(41)38-46)55-14-4-3-13-54(55)66(56)45-19-17-40-29-31-70-64(40)37-45/h1-28,34-39H,29-33H2. The Bertz CT molecular complexity index is 4450. The summed E-state index contributed by atoms with van der Waals surface area (Å²) >= 11 is 0. The molecule has 0 saturated carbocycles. The van der Waals surface area contributed by atoms with E-state index in [2.05, 4.69) is 215 Å². The van der Waals surface area contributed by atoms with Crippen molar-refractivity contribution < 1.29 is 9.47 Å². The number of rotatable bonds is 5. The van der Waals surface area contributed by atoms with Gasteiger partial charge in [-0.1, -0.05) is 133 Å². The molecule has 0 saturated heterocycles. The second-order valence-electron chi connectivity index (χ2n) is 19.7. The van der Waals surface area contributed by atoms with Crippen molar-refractivity contribution in [2.75, 3.05) is 13.2 Å². The molecule has 16 rings (SSSR count). The van der Waals surface area contributed by atoms with E-state index in [4.69, 9.17) is 9.47 Å². The summed E-state index contributed by atoms with van der Waals surface area (Å²) in [6, 6.07) is 77.4. The lowest BCUT2D eigenvalue weighted by molar-refractivity contribution is 0.357. The predicted molar refractivity (Wildman–Crippen MR) is 293 cm³/mol. The molecule has 4 heteroatoms. The largest absolute Gasteiger partial charge is 0.493 e. The first kappa shape index (κ1) is 39.0. The average Bonchev–Trinajstić information content (AvgIpc) is 4.27. The van der Waals surface area contributed by atoms with E-state index in [1.807, 2.05) is 0 Å². The zero-order valence-corrected chi connectivity index (χ0v) is 38.9. The fraction of sp³-hybridized carbons (Fsp3) is 0.0746. The molecule has 71 heavy (non-hydrogen) atoms. The van der Waals surface area contributed by atoms with Crippen molar-refractivity contribution in [3.63, 3.8) is 0 Å². The Hall–Kier alpha value is -8.86. The molecule has 2 aromatic heterocycles. The minimum atomic E-state index is 0.726. The Morgan fingerprint density at radius 1 is 0.296 bits per heavy atom. The minimum Gasteiger partial charge on any atom is -0.493 e. The summed E-state index contributed by atoms with van der Waals surface area (Å²) in [4.78, 5) is 0. The number of hydrogen-bond acceptors (Lipinski definition) is 2. The summed E-state index contributed by atoms with van der Waals surface area (Å²) in [5.41, 5.74) is 22.4. The molecule has 2 aliphatic heterocycles. The molecule has 0 bridgehead atoms. The maximum atomic E-state index is 6.20. The van der Waals surface area contributed by atoms with Gasteiger partial charge in [-0.3, -0.25) is 0 Å². The van der Waals surface area contributed by atoms with Gasteiger partial charge in [0.1, 0.15) is 11.5 Å². The highest BCUT2D eigenvalue weighted by Crippen LogP contribution is 2.48. The van der Waals surface area contributed by atoms with Gasteiger partial charge in [-0.15, -0.1) is 0 Å². The van der Waals surface area contributed by atoms with Crippen LogP contribution in [-0.2, 0) is 19.3 Å². The molecule has 4 nitrogen and oxygen atoms in total. The zero-order chi connectivity index (χ0) is 46.3. The first-order valence-corrected chi connectivity index (χ1v) is 25.0. The van der Waals surface area contributed by atoms with E-state index in [9.17, 15) is 0 Å². The summed E-state index contributed by atoms with van der Waals surface area (Å²) in [5.74, 6) is 1.98.